The number of hydrogen-bond acceptors (Lipinski definition) is 5. The minimum Gasteiger partial charge on any atom is -0.340 e. The predicted molar refractivity (Wildman–Crippen MR) is 72.0 cm³/mol. The molecule has 0 spiro atoms. The summed E-state index contributed by atoms with van der Waals surface area (Å²) in [7, 11) is -1.47. The number of benzene rings is 1. The molecule has 1 aromatic carbocycles. The van der Waals surface area contributed by atoms with Gasteiger partial charge in [0.15, 0.2) is 11.5 Å². The molecule has 19 heavy (non-hydrogen) atoms. The van der Waals surface area contributed by atoms with Gasteiger partial charge in [0.2, 0.25) is 0 Å². The van der Waals surface area contributed by atoms with E-state index in [0.717, 1.165) is 11.2 Å². The van der Waals surface area contributed by atoms with Crippen LogP contribution in [-0.4, -0.2) is 24.1 Å². The highest BCUT2D eigenvalue weighted by atomic mass is 32.2. The van der Waals surface area contributed by atoms with Gasteiger partial charge in [-0.25, -0.2) is 24.3 Å². The Balaban J connectivity index is 1.92. The molecule has 2 heterocycles. The van der Waals surface area contributed by atoms with Gasteiger partial charge in [-0.2, -0.15) is 0 Å². The summed E-state index contributed by atoms with van der Waals surface area (Å²) in [6.45, 7) is 0. The fourth-order valence-electron chi connectivity index (χ4n) is 1.67. The molecule has 3 aromatic rings. The van der Waals surface area contributed by atoms with Gasteiger partial charge in [-0.15, -0.1) is 0 Å². The Bertz CT molecular complexity index is 738. The lowest BCUT2D eigenvalue weighted by molar-refractivity contribution is 0.684. The van der Waals surface area contributed by atoms with Crippen molar-refractivity contribution in [1.29, 1.82) is 0 Å². The lowest BCUT2D eigenvalue weighted by Crippen LogP contribution is -2.02. The maximum Gasteiger partial charge on any atom is 0.182 e. The Hall–Kier alpha value is -2.32. The van der Waals surface area contributed by atoms with E-state index in [0.29, 0.717) is 16.4 Å². The highest BCUT2D eigenvalue weighted by Gasteiger charge is 2.06. The first kappa shape index (κ1) is 11.8. The van der Waals surface area contributed by atoms with Crippen LogP contribution in [0.3, 0.4) is 0 Å². The number of fused-ring (bicyclic) bond motifs is 1. The first-order chi connectivity index (χ1) is 9.24. The Morgan fingerprint density at radius 3 is 2.68 bits per heavy atom. The molecule has 8 heteroatoms. The SMILES string of the molecule is NS(=O)c1ccc(Nc2ncnc3nc[nH]c23)cc1. The largest absolute Gasteiger partial charge is 0.340 e. The van der Waals surface area contributed by atoms with Crippen molar-refractivity contribution in [2.24, 2.45) is 5.14 Å². The molecule has 96 valence electrons. The van der Waals surface area contributed by atoms with Gasteiger partial charge in [-0.3, -0.25) is 0 Å². The van der Waals surface area contributed by atoms with Crippen molar-refractivity contribution in [1.82, 2.24) is 19.9 Å². The molecule has 1 atom stereocenters. The van der Waals surface area contributed by atoms with Gasteiger partial charge >= 0.3 is 0 Å². The first-order valence-electron chi connectivity index (χ1n) is 5.41. The summed E-state index contributed by atoms with van der Waals surface area (Å²) in [6, 6.07) is 6.96. The van der Waals surface area contributed by atoms with Crippen LogP contribution in [0.25, 0.3) is 11.2 Å². The minimum absolute atomic E-state index is 0.569. The number of aromatic amines is 1. The quantitative estimate of drug-likeness (QED) is 0.662. The average Bonchev–Trinajstić information content (AvgIpc) is 2.89. The molecular formula is C11H10N6OS. The Kier molecular flexibility index (Phi) is 2.94. The Morgan fingerprint density at radius 2 is 1.95 bits per heavy atom. The lowest BCUT2D eigenvalue weighted by Gasteiger charge is -2.06. The van der Waals surface area contributed by atoms with Crippen LogP contribution in [0.15, 0.2) is 41.8 Å². The number of nitrogens with one attached hydrogen (secondary N) is 2. The molecule has 0 bridgehead atoms. The van der Waals surface area contributed by atoms with E-state index in [1.54, 1.807) is 30.6 Å². The summed E-state index contributed by atoms with van der Waals surface area (Å²) in [5, 5.41) is 8.43. The van der Waals surface area contributed by atoms with E-state index in [2.05, 4.69) is 25.3 Å². The molecule has 2 aromatic heterocycles. The fourth-order valence-corrected chi connectivity index (χ4v) is 2.07. The zero-order chi connectivity index (χ0) is 13.2. The molecule has 1 unspecified atom stereocenters. The number of imidazole rings is 1. The number of nitrogens with two attached hydrogens (primary N) is 1. The number of rotatable bonds is 3. The molecule has 0 radical (unpaired) electrons. The number of anilines is 2. The van der Waals surface area contributed by atoms with Crippen LogP contribution in [0, 0.1) is 0 Å². The second-order valence-corrected chi connectivity index (χ2v) is 4.84. The molecule has 0 fully saturated rings. The Morgan fingerprint density at radius 1 is 1.16 bits per heavy atom. The van der Waals surface area contributed by atoms with E-state index in [1.807, 2.05) is 0 Å². The van der Waals surface area contributed by atoms with Crippen LogP contribution >= 0.6 is 0 Å². The van der Waals surface area contributed by atoms with Crippen molar-refractivity contribution >= 4 is 33.7 Å². The fraction of sp³-hybridized carbons (Fsp3) is 0. The molecule has 0 aliphatic heterocycles. The van der Waals surface area contributed by atoms with Gasteiger partial charge in [0.25, 0.3) is 0 Å². The number of aromatic nitrogens is 4. The van der Waals surface area contributed by atoms with Crippen LogP contribution in [-0.2, 0) is 11.0 Å². The van der Waals surface area contributed by atoms with E-state index in [4.69, 9.17) is 5.14 Å². The van der Waals surface area contributed by atoms with Gasteiger partial charge < -0.3 is 10.3 Å². The molecule has 4 N–H and O–H groups in total. The molecular weight excluding hydrogens is 264 g/mol. The van der Waals surface area contributed by atoms with Crippen molar-refractivity contribution in [3.8, 4) is 0 Å². The zero-order valence-electron chi connectivity index (χ0n) is 9.70. The molecule has 7 nitrogen and oxygen atoms in total. The third kappa shape index (κ3) is 2.30. The van der Waals surface area contributed by atoms with Crippen molar-refractivity contribution in [2.45, 2.75) is 4.90 Å². The van der Waals surface area contributed by atoms with Crippen LogP contribution in [0.5, 0.6) is 0 Å². The van der Waals surface area contributed by atoms with Gasteiger partial charge in [0.05, 0.1) is 11.2 Å². The summed E-state index contributed by atoms with van der Waals surface area (Å²) in [6.07, 6.45) is 3.00. The lowest BCUT2D eigenvalue weighted by atomic mass is 10.3. The van der Waals surface area contributed by atoms with Gasteiger partial charge in [-0.05, 0) is 24.3 Å². The second-order valence-electron chi connectivity index (χ2n) is 3.77. The highest BCUT2D eigenvalue weighted by molar-refractivity contribution is 7.82. The van der Waals surface area contributed by atoms with Crippen LogP contribution in [0.1, 0.15) is 0 Å². The maximum absolute atomic E-state index is 11.1. The van der Waals surface area contributed by atoms with Crippen molar-refractivity contribution < 1.29 is 4.21 Å². The predicted octanol–water partition coefficient (Wildman–Crippen LogP) is 1.08. The van der Waals surface area contributed by atoms with Gasteiger partial charge in [-0.1, -0.05) is 0 Å². The highest BCUT2D eigenvalue weighted by Crippen LogP contribution is 2.20. The summed E-state index contributed by atoms with van der Waals surface area (Å²) >= 11 is 0. The number of H-pyrrole nitrogens is 1. The number of nitrogens with zero attached hydrogens (tertiary/aromatic N) is 3. The topological polar surface area (TPSA) is 110 Å². The molecule has 0 saturated heterocycles. The molecule has 0 amide bonds. The smallest absolute Gasteiger partial charge is 0.182 e. The van der Waals surface area contributed by atoms with Crippen molar-refractivity contribution in [3.05, 3.63) is 36.9 Å². The van der Waals surface area contributed by atoms with Crippen LogP contribution in [0.2, 0.25) is 0 Å². The summed E-state index contributed by atoms with van der Waals surface area (Å²) in [5.74, 6) is 0.629. The summed E-state index contributed by atoms with van der Waals surface area (Å²) < 4.78 is 11.1. The van der Waals surface area contributed by atoms with Gasteiger partial charge in [0.1, 0.15) is 22.8 Å². The first-order valence-corrected chi connectivity index (χ1v) is 6.62. The Labute approximate surface area is 110 Å². The van der Waals surface area contributed by atoms with Crippen molar-refractivity contribution in [3.63, 3.8) is 0 Å². The standard InChI is InChI=1S/C11H10N6OS/c12-19(18)8-3-1-7(2-4-8)17-11-9-10(14-5-13-9)15-6-16-11/h1-6H,12H2,(H2,13,14,15,16,17). The third-order valence-corrected chi connectivity index (χ3v) is 3.31. The summed E-state index contributed by atoms with van der Waals surface area (Å²) in [4.78, 5) is 15.8. The monoisotopic (exact) mass is 274 g/mol. The maximum atomic E-state index is 11.1. The molecule has 0 saturated carbocycles. The molecule has 0 aliphatic carbocycles. The van der Waals surface area contributed by atoms with Crippen LogP contribution in [0.4, 0.5) is 11.5 Å². The second kappa shape index (κ2) is 4.75. The molecule has 0 aliphatic rings. The normalized spacial score (nSPS) is 12.5. The van der Waals surface area contributed by atoms with E-state index in [1.165, 1.54) is 6.33 Å². The summed E-state index contributed by atoms with van der Waals surface area (Å²) in [5.41, 5.74) is 2.13. The van der Waals surface area contributed by atoms with E-state index < -0.39 is 11.0 Å². The zero-order valence-corrected chi connectivity index (χ0v) is 10.5. The van der Waals surface area contributed by atoms with Crippen LogP contribution < -0.4 is 10.5 Å². The van der Waals surface area contributed by atoms with E-state index in [-0.39, 0.29) is 0 Å². The van der Waals surface area contributed by atoms with Gasteiger partial charge in [0, 0.05) is 5.69 Å². The molecule has 3 rings (SSSR count). The van der Waals surface area contributed by atoms with E-state index >= 15 is 0 Å². The minimum atomic E-state index is -1.47. The van der Waals surface area contributed by atoms with Crippen molar-refractivity contribution in [2.75, 3.05) is 5.32 Å². The third-order valence-electron chi connectivity index (χ3n) is 2.57. The average molecular weight is 274 g/mol. The van der Waals surface area contributed by atoms with E-state index in [9.17, 15) is 4.21 Å². The number of hydrogen-bond donors (Lipinski definition) is 3.